The fourth-order valence-corrected chi connectivity index (χ4v) is 2.60. The number of amides is 2. The Hall–Kier alpha value is -1.30. The van der Waals surface area contributed by atoms with Crippen LogP contribution in [0.1, 0.15) is 12.8 Å². The van der Waals surface area contributed by atoms with E-state index in [2.05, 4.69) is 11.9 Å². The van der Waals surface area contributed by atoms with Crippen LogP contribution in [-0.2, 0) is 9.53 Å². The first kappa shape index (κ1) is 13.1. The number of piperazine rings is 1. The second-order valence-corrected chi connectivity index (χ2v) is 4.95. The number of likely N-dealkylation sites (tertiary alicyclic amines) is 1. The predicted octanol–water partition coefficient (Wildman–Crippen LogP) is -0.00880. The molecule has 2 fully saturated rings. The van der Waals surface area contributed by atoms with E-state index in [0.717, 1.165) is 39.0 Å². The molecule has 0 N–H and O–H groups in total. The van der Waals surface area contributed by atoms with Crippen LogP contribution in [0.25, 0.3) is 0 Å². The molecule has 2 rings (SSSR count). The summed E-state index contributed by atoms with van der Waals surface area (Å²) in [6, 6.07) is -0.319. The molecular formula is C12H21N3O3. The van der Waals surface area contributed by atoms with Crippen LogP contribution in [0, 0.1) is 0 Å². The van der Waals surface area contributed by atoms with Crippen LogP contribution in [-0.4, -0.2) is 79.6 Å². The Morgan fingerprint density at radius 1 is 1.11 bits per heavy atom. The lowest BCUT2D eigenvalue weighted by molar-refractivity contribution is -0.137. The molecule has 2 heterocycles. The van der Waals surface area contributed by atoms with Crippen LogP contribution in [0.5, 0.6) is 0 Å². The average molecular weight is 255 g/mol. The minimum atomic E-state index is -0.389. The van der Waals surface area contributed by atoms with E-state index in [1.54, 1.807) is 4.90 Å². The van der Waals surface area contributed by atoms with Crippen molar-refractivity contribution >= 4 is 12.0 Å². The van der Waals surface area contributed by atoms with Crippen LogP contribution >= 0.6 is 0 Å². The zero-order valence-electron chi connectivity index (χ0n) is 11.1. The van der Waals surface area contributed by atoms with Gasteiger partial charge in [-0.25, -0.2) is 4.79 Å². The highest BCUT2D eigenvalue weighted by Gasteiger charge is 2.37. The third kappa shape index (κ3) is 2.58. The third-order valence-electron chi connectivity index (χ3n) is 3.76. The molecule has 1 unspecified atom stereocenters. The molecular weight excluding hydrogens is 234 g/mol. The predicted molar refractivity (Wildman–Crippen MR) is 66.2 cm³/mol. The van der Waals surface area contributed by atoms with Crippen LogP contribution in [0.2, 0.25) is 0 Å². The lowest BCUT2D eigenvalue weighted by Crippen LogP contribution is -2.53. The zero-order chi connectivity index (χ0) is 13.1. The van der Waals surface area contributed by atoms with E-state index < -0.39 is 0 Å². The van der Waals surface area contributed by atoms with Gasteiger partial charge in [0, 0.05) is 32.7 Å². The van der Waals surface area contributed by atoms with Gasteiger partial charge in [0.05, 0.1) is 7.11 Å². The Labute approximate surface area is 107 Å². The molecule has 0 radical (unpaired) electrons. The first-order valence-corrected chi connectivity index (χ1v) is 6.45. The van der Waals surface area contributed by atoms with E-state index in [1.807, 2.05) is 4.90 Å². The quantitative estimate of drug-likeness (QED) is 0.661. The molecule has 0 aromatic carbocycles. The van der Waals surface area contributed by atoms with Gasteiger partial charge in [0.25, 0.3) is 0 Å². The Bertz CT molecular complexity index is 327. The molecule has 102 valence electrons. The molecule has 2 aliphatic rings. The van der Waals surface area contributed by atoms with E-state index in [-0.39, 0.29) is 18.0 Å². The van der Waals surface area contributed by atoms with E-state index >= 15 is 0 Å². The van der Waals surface area contributed by atoms with Gasteiger partial charge in [0.15, 0.2) is 0 Å². The number of rotatable bonds is 1. The van der Waals surface area contributed by atoms with Crippen LogP contribution in [0.4, 0.5) is 4.79 Å². The number of ether oxygens (including phenoxy) is 1. The summed E-state index contributed by atoms with van der Waals surface area (Å²) in [5, 5.41) is 0. The van der Waals surface area contributed by atoms with Gasteiger partial charge >= 0.3 is 6.09 Å². The van der Waals surface area contributed by atoms with Gasteiger partial charge in [-0.15, -0.1) is 0 Å². The topological polar surface area (TPSA) is 53.1 Å². The summed E-state index contributed by atoms with van der Waals surface area (Å²) in [6.45, 7) is 3.92. The molecule has 2 amide bonds. The molecule has 6 nitrogen and oxygen atoms in total. The van der Waals surface area contributed by atoms with E-state index in [1.165, 1.54) is 7.11 Å². The molecule has 1 atom stereocenters. The highest BCUT2D eigenvalue weighted by Crippen LogP contribution is 2.20. The summed E-state index contributed by atoms with van der Waals surface area (Å²) in [5.74, 6) is 0.0750. The summed E-state index contributed by atoms with van der Waals surface area (Å²) >= 11 is 0. The van der Waals surface area contributed by atoms with Crippen LogP contribution < -0.4 is 0 Å². The maximum absolute atomic E-state index is 12.4. The Kier molecular flexibility index (Phi) is 4.06. The lowest BCUT2D eigenvalue weighted by atomic mass is 10.2. The SMILES string of the molecule is COC(=O)N1CCCC1C(=O)N1CCN(C)CC1. The minimum absolute atomic E-state index is 0.0750. The van der Waals surface area contributed by atoms with Crippen molar-refractivity contribution in [2.75, 3.05) is 46.9 Å². The normalized spacial score (nSPS) is 25.3. The number of carbonyl (C=O) groups is 2. The molecule has 0 aromatic rings. The van der Waals surface area contributed by atoms with Crippen molar-refractivity contribution in [3.8, 4) is 0 Å². The first-order chi connectivity index (χ1) is 8.63. The minimum Gasteiger partial charge on any atom is -0.453 e. The number of carbonyl (C=O) groups excluding carboxylic acids is 2. The van der Waals surface area contributed by atoms with Gasteiger partial charge in [-0.05, 0) is 19.9 Å². The molecule has 0 bridgehead atoms. The highest BCUT2D eigenvalue weighted by molar-refractivity contribution is 5.86. The monoisotopic (exact) mass is 255 g/mol. The Balaban J connectivity index is 1.97. The van der Waals surface area contributed by atoms with Gasteiger partial charge in [-0.2, -0.15) is 0 Å². The lowest BCUT2D eigenvalue weighted by Gasteiger charge is -2.35. The third-order valence-corrected chi connectivity index (χ3v) is 3.76. The number of hydrogen-bond acceptors (Lipinski definition) is 4. The van der Waals surface area contributed by atoms with Crippen molar-refractivity contribution < 1.29 is 14.3 Å². The number of likely N-dealkylation sites (N-methyl/N-ethyl adjacent to an activating group) is 1. The second kappa shape index (κ2) is 5.56. The van der Waals surface area contributed by atoms with E-state index in [4.69, 9.17) is 4.74 Å². The van der Waals surface area contributed by atoms with Gasteiger partial charge < -0.3 is 14.5 Å². The van der Waals surface area contributed by atoms with Gasteiger partial charge in [-0.1, -0.05) is 0 Å². The second-order valence-electron chi connectivity index (χ2n) is 4.95. The molecule has 2 saturated heterocycles. The summed E-state index contributed by atoms with van der Waals surface area (Å²) in [6.07, 6.45) is 1.24. The van der Waals surface area contributed by atoms with Gasteiger partial charge in [0.2, 0.25) is 5.91 Å². The number of nitrogens with zero attached hydrogens (tertiary/aromatic N) is 3. The number of methoxy groups -OCH3 is 1. The van der Waals surface area contributed by atoms with Crippen LogP contribution in [0.3, 0.4) is 0 Å². The van der Waals surface area contributed by atoms with Crippen molar-refractivity contribution in [3.05, 3.63) is 0 Å². The largest absolute Gasteiger partial charge is 0.453 e. The van der Waals surface area contributed by atoms with Crippen LogP contribution in [0.15, 0.2) is 0 Å². The van der Waals surface area contributed by atoms with Gasteiger partial charge in [-0.3, -0.25) is 9.69 Å². The Morgan fingerprint density at radius 2 is 1.78 bits per heavy atom. The summed E-state index contributed by atoms with van der Waals surface area (Å²) in [7, 11) is 3.41. The maximum atomic E-state index is 12.4. The molecule has 6 heteroatoms. The zero-order valence-corrected chi connectivity index (χ0v) is 11.1. The van der Waals surface area contributed by atoms with Crippen molar-refractivity contribution in [2.24, 2.45) is 0 Å². The highest BCUT2D eigenvalue weighted by atomic mass is 16.5. The molecule has 0 saturated carbocycles. The van der Waals surface area contributed by atoms with Gasteiger partial charge in [0.1, 0.15) is 6.04 Å². The van der Waals surface area contributed by atoms with Crippen molar-refractivity contribution in [2.45, 2.75) is 18.9 Å². The first-order valence-electron chi connectivity index (χ1n) is 6.45. The Morgan fingerprint density at radius 3 is 2.39 bits per heavy atom. The molecule has 0 spiro atoms. The fourth-order valence-electron chi connectivity index (χ4n) is 2.60. The fraction of sp³-hybridized carbons (Fsp3) is 0.833. The molecule has 2 aliphatic heterocycles. The summed E-state index contributed by atoms with van der Waals surface area (Å²) < 4.78 is 4.73. The molecule has 18 heavy (non-hydrogen) atoms. The maximum Gasteiger partial charge on any atom is 0.410 e. The van der Waals surface area contributed by atoms with Crippen molar-refractivity contribution in [1.29, 1.82) is 0 Å². The van der Waals surface area contributed by atoms with E-state index in [9.17, 15) is 9.59 Å². The standard InChI is InChI=1S/C12H21N3O3/c1-13-6-8-14(9-7-13)11(16)10-4-3-5-15(10)12(17)18-2/h10H,3-9H2,1-2H3. The molecule has 0 aromatic heterocycles. The smallest absolute Gasteiger partial charge is 0.410 e. The summed E-state index contributed by atoms with van der Waals surface area (Å²) in [4.78, 5) is 29.6. The summed E-state index contributed by atoms with van der Waals surface area (Å²) in [5.41, 5.74) is 0. The average Bonchev–Trinajstić information content (AvgIpc) is 2.87. The van der Waals surface area contributed by atoms with Crippen molar-refractivity contribution in [1.82, 2.24) is 14.7 Å². The molecule has 0 aliphatic carbocycles. The number of hydrogen-bond donors (Lipinski definition) is 0. The van der Waals surface area contributed by atoms with Crippen molar-refractivity contribution in [3.63, 3.8) is 0 Å². The van der Waals surface area contributed by atoms with E-state index in [0.29, 0.717) is 6.54 Å².